The average molecular weight is 493 g/mol. The van der Waals surface area contributed by atoms with E-state index in [0.29, 0.717) is 33.4 Å². The molecule has 1 N–H and O–H groups in total. The van der Waals surface area contributed by atoms with Crippen molar-refractivity contribution >= 4 is 27.6 Å². The van der Waals surface area contributed by atoms with Crippen LogP contribution in [-0.4, -0.2) is 14.8 Å². The highest BCUT2D eigenvalue weighted by molar-refractivity contribution is 5.87. The van der Waals surface area contributed by atoms with Crippen LogP contribution in [0, 0.1) is 13.8 Å². The van der Waals surface area contributed by atoms with Gasteiger partial charge < -0.3 is 9.73 Å². The Morgan fingerprint density at radius 3 is 2.64 bits per heavy atom. The van der Waals surface area contributed by atoms with Gasteiger partial charge in [-0.1, -0.05) is 6.07 Å². The molecule has 9 heteroatoms. The Balaban J connectivity index is 1.67. The molecule has 0 spiro atoms. The van der Waals surface area contributed by atoms with Crippen LogP contribution in [-0.2, 0) is 13.2 Å². The third kappa shape index (κ3) is 4.10. The molecule has 0 fully saturated rings. The third-order valence-corrected chi connectivity index (χ3v) is 6.19. The van der Waals surface area contributed by atoms with Crippen LogP contribution < -0.4 is 10.7 Å². The first kappa shape index (κ1) is 23.6. The minimum absolute atomic E-state index is 0.149. The summed E-state index contributed by atoms with van der Waals surface area (Å²) in [6.45, 7) is 5.27. The van der Waals surface area contributed by atoms with E-state index in [1.807, 2.05) is 44.4 Å². The molecule has 1 unspecified atom stereocenters. The normalized spacial score (nSPS) is 12.9. The number of hydrogen-bond acceptors (Lipinski definition) is 5. The number of nitrogens with one attached hydrogen (secondary N) is 1. The minimum Gasteiger partial charge on any atom is -0.455 e. The van der Waals surface area contributed by atoms with E-state index in [1.165, 1.54) is 12.1 Å². The number of pyridine rings is 1. The van der Waals surface area contributed by atoms with Gasteiger partial charge in [0.05, 0.1) is 22.6 Å². The standard InChI is InChI=1S/C27H23F3N4O2/c1-14-10-19(16(3)32-22-6-5-9-31-26(22)27(28,29)30)25-20(11-14)23(35)15(2)24(36-25)17-7-8-21-18(12-17)13-34(4)33-21/h5-13,16,32H,1-4H3. The molecule has 2 aromatic carbocycles. The molecule has 184 valence electrons. The van der Waals surface area contributed by atoms with E-state index in [1.54, 1.807) is 24.6 Å². The maximum Gasteiger partial charge on any atom is 0.435 e. The number of anilines is 1. The van der Waals surface area contributed by atoms with Crippen molar-refractivity contribution < 1.29 is 17.6 Å². The summed E-state index contributed by atoms with van der Waals surface area (Å²) in [7, 11) is 1.83. The molecular formula is C27H23F3N4O2. The van der Waals surface area contributed by atoms with Gasteiger partial charge in [0.2, 0.25) is 0 Å². The van der Waals surface area contributed by atoms with E-state index < -0.39 is 17.9 Å². The van der Waals surface area contributed by atoms with Crippen molar-refractivity contribution in [3.63, 3.8) is 0 Å². The first-order chi connectivity index (χ1) is 17.0. The summed E-state index contributed by atoms with van der Waals surface area (Å²) in [4.78, 5) is 16.9. The number of halogens is 3. The maximum atomic E-state index is 13.5. The van der Waals surface area contributed by atoms with Gasteiger partial charge in [-0.2, -0.15) is 18.3 Å². The van der Waals surface area contributed by atoms with E-state index in [9.17, 15) is 18.0 Å². The molecule has 0 saturated carbocycles. The van der Waals surface area contributed by atoms with Crippen molar-refractivity contribution in [1.29, 1.82) is 0 Å². The molecule has 3 heterocycles. The van der Waals surface area contributed by atoms with Crippen LogP contribution >= 0.6 is 0 Å². The third-order valence-electron chi connectivity index (χ3n) is 6.19. The second-order valence-electron chi connectivity index (χ2n) is 8.96. The molecule has 0 saturated heterocycles. The molecule has 0 bridgehead atoms. The summed E-state index contributed by atoms with van der Waals surface area (Å²) in [5, 5.41) is 8.57. The van der Waals surface area contributed by atoms with Gasteiger partial charge in [0.1, 0.15) is 11.3 Å². The molecule has 5 aromatic rings. The monoisotopic (exact) mass is 492 g/mol. The van der Waals surface area contributed by atoms with Gasteiger partial charge in [-0.3, -0.25) is 9.48 Å². The zero-order chi connectivity index (χ0) is 25.8. The number of hydrogen-bond donors (Lipinski definition) is 1. The van der Waals surface area contributed by atoms with Crippen molar-refractivity contribution in [3.05, 3.63) is 87.5 Å². The smallest absolute Gasteiger partial charge is 0.435 e. The van der Waals surface area contributed by atoms with Crippen molar-refractivity contribution in [2.45, 2.75) is 33.0 Å². The lowest BCUT2D eigenvalue weighted by atomic mass is 9.98. The summed E-state index contributed by atoms with van der Waals surface area (Å²) in [6, 6.07) is 11.3. The second-order valence-corrected chi connectivity index (χ2v) is 8.96. The highest BCUT2D eigenvalue weighted by Crippen LogP contribution is 2.36. The SMILES string of the molecule is Cc1cc(C(C)Nc2cccnc2C(F)(F)F)c2oc(-c3ccc4nn(C)cc4c3)c(C)c(=O)c2c1. The topological polar surface area (TPSA) is 73.0 Å². The Kier molecular flexibility index (Phi) is 5.58. The second kappa shape index (κ2) is 8.51. The first-order valence-corrected chi connectivity index (χ1v) is 11.3. The highest BCUT2D eigenvalue weighted by atomic mass is 19.4. The van der Waals surface area contributed by atoms with Crippen LogP contribution in [0.3, 0.4) is 0 Å². The van der Waals surface area contributed by atoms with Gasteiger partial charge in [0, 0.05) is 41.5 Å². The lowest BCUT2D eigenvalue weighted by Gasteiger charge is -2.20. The lowest BCUT2D eigenvalue weighted by molar-refractivity contribution is -0.140. The highest BCUT2D eigenvalue weighted by Gasteiger charge is 2.35. The van der Waals surface area contributed by atoms with Crippen LogP contribution in [0.2, 0.25) is 0 Å². The maximum absolute atomic E-state index is 13.5. The molecule has 3 aromatic heterocycles. The molecule has 0 aliphatic rings. The number of benzene rings is 2. The molecule has 6 nitrogen and oxygen atoms in total. The fourth-order valence-electron chi connectivity index (χ4n) is 4.51. The van der Waals surface area contributed by atoms with Gasteiger partial charge in [-0.05, 0) is 62.7 Å². The first-order valence-electron chi connectivity index (χ1n) is 11.3. The van der Waals surface area contributed by atoms with Gasteiger partial charge in [-0.15, -0.1) is 0 Å². The predicted molar refractivity (Wildman–Crippen MR) is 133 cm³/mol. The van der Waals surface area contributed by atoms with Gasteiger partial charge in [0.25, 0.3) is 0 Å². The lowest BCUT2D eigenvalue weighted by Crippen LogP contribution is -2.16. The van der Waals surface area contributed by atoms with E-state index in [0.717, 1.165) is 22.7 Å². The van der Waals surface area contributed by atoms with E-state index in [-0.39, 0.29) is 11.1 Å². The van der Waals surface area contributed by atoms with Crippen LogP contribution in [0.15, 0.2) is 64.1 Å². The average Bonchev–Trinajstić information content (AvgIpc) is 3.20. The zero-order valence-corrected chi connectivity index (χ0v) is 20.1. The van der Waals surface area contributed by atoms with Crippen molar-refractivity contribution in [3.8, 4) is 11.3 Å². The van der Waals surface area contributed by atoms with E-state index >= 15 is 0 Å². The van der Waals surface area contributed by atoms with E-state index in [4.69, 9.17) is 4.42 Å². The number of nitrogens with zero attached hydrogens (tertiary/aromatic N) is 3. The van der Waals surface area contributed by atoms with Gasteiger partial charge in [0.15, 0.2) is 11.1 Å². The Morgan fingerprint density at radius 1 is 1.11 bits per heavy atom. The Hall–Kier alpha value is -4.14. The predicted octanol–water partition coefficient (Wildman–Crippen LogP) is 6.55. The van der Waals surface area contributed by atoms with Gasteiger partial charge >= 0.3 is 6.18 Å². The quantitative estimate of drug-likeness (QED) is 0.308. The molecule has 0 aliphatic heterocycles. The molecule has 0 amide bonds. The minimum atomic E-state index is -4.61. The number of aryl methyl sites for hydroxylation is 2. The largest absolute Gasteiger partial charge is 0.455 e. The van der Waals surface area contributed by atoms with Crippen molar-refractivity contribution in [2.24, 2.45) is 7.05 Å². The van der Waals surface area contributed by atoms with Crippen LogP contribution in [0.5, 0.6) is 0 Å². The molecular weight excluding hydrogens is 469 g/mol. The Bertz CT molecular complexity index is 1690. The fourth-order valence-corrected chi connectivity index (χ4v) is 4.51. The van der Waals surface area contributed by atoms with E-state index in [2.05, 4.69) is 15.4 Å². The van der Waals surface area contributed by atoms with Crippen molar-refractivity contribution in [2.75, 3.05) is 5.32 Å². The number of rotatable bonds is 4. The number of aromatic nitrogens is 3. The van der Waals surface area contributed by atoms with Crippen LogP contribution in [0.1, 0.15) is 35.3 Å². The molecule has 36 heavy (non-hydrogen) atoms. The Morgan fingerprint density at radius 2 is 1.89 bits per heavy atom. The molecule has 1 atom stereocenters. The number of alkyl halides is 3. The summed E-state index contributed by atoms with van der Waals surface area (Å²) in [5.41, 5.74) is 2.34. The molecule has 0 aliphatic carbocycles. The fraction of sp³-hybridized carbons (Fsp3) is 0.222. The summed E-state index contributed by atoms with van der Waals surface area (Å²) >= 11 is 0. The molecule has 0 radical (unpaired) electrons. The van der Waals surface area contributed by atoms with Crippen molar-refractivity contribution in [1.82, 2.24) is 14.8 Å². The summed E-state index contributed by atoms with van der Waals surface area (Å²) in [6.07, 6.45) is -1.63. The zero-order valence-electron chi connectivity index (χ0n) is 20.1. The Labute approximate surface area is 204 Å². The number of fused-ring (bicyclic) bond motifs is 2. The summed E-state index contributed by atoms with van der Waals surface area (Å²) in [5.74, 6) is 0.410. The van der Waals surface area contributed by atoms with Gasteiger partial charge in [-0.25, -0.2) is 4.98 Å². The molecule has 5 rings (SSSR count). The van der Waals surface area contributed by atoms with Crippen LogP contribution in [0.25, 0.3) is 33.2 Å². The summed E-state index contributed by atoms with van der Waals surface area (Å²) < 4.78 is 48.6. The van der Waals surface area contributed by atoms with Crippen LogP contribution in [0.4, 0.5) is 18.9 Å².